The Morgan fingerprint density at radius 2 is 1.81 bits per heavy atom. The lowest BCUT2D eigenvalue weighted by atomic mass is 9.90. The summed E-state index contributed by atoms with van der Waals surface area (Å²) in [5, 5.41) is 3.03. The number of benzene rings is 2. The average molecular weight is 420 g/mol. The first-order chi connectivity index (χ1) is 15.0. The Balaban J connectivity index is 1.52. The molecule has 2 aromatic carbocycles. The van der Waals surface area contributed by atoms with Crippen molar-refractivity contribution in [3.05, 3.63) is 65.2 Å². The van der Waals surface area contributed by atoms with Crippen LogP contribution in [-0.4, -0.2) is 47.8 Å². The molecule has 31 heavy (non-hydrogen) atoms. The lowest BCUT2D eigenvalue weighted by molar-refractivity contribution is -0.139. The molecule has 2 amide bonds. The van der Waals surface area contributed by atoms with Gasteiger partial charge in [-0.05, 0) is 60.4 Å². The molecule has 0 aromatic heterocycles. The Hall–Kier alpha value is -2.66. The molecule has 0 saturated carbocycles. The van der Waals surface area contributed by atoms with Crippen molar-refractivity contribution in [2.45, 2.75) is 45.6 Å². The Kier molecular flexibility index (Phi) is 6.71. The molecule has 0 aliphatic carbocycles. The van der Waals surface area contributed by atoms with Gasteiger partial charge in [0.1, 0.15) is 6.04 Å². The van der Waals surface area contributed by atoms with Crippen LogP contribution >= 0.6 is 0 Å². The molecule has 5 nitrogen and oxygen atoms in total. The first-order valence-corrected chi connectivity index (χ1v) is 11.5. The molecule has 164 valence electrons. The van der Waals surface area contributed by atoms with E-state index in [1.807, 2.05) is 35.2 Å². The van der Waals surface area contributed by atoms with Crippen molar-refractivity contribution in [3.63, 3.8) is 0 Å². The molecule has 1 atom stereocenters. The van der Waals surface area contributed by atoms with E-state index in [1.165, 1.54) is 11.1 Å². The number of nitrogens with one attached hydrogen (secondary N) is 1. The first-order valence-electron chi connectivity index (χ1n) is 11.5. The molecule has 2 aromatic rings. The number of piperidine rings is 1. The summed E-state index contributed by atoms with van der Waals surface area (Å²) in [6.07, 6.45) is 3.88. The second kappa shape index (κ2) is 9.65. The maximum atomic E-state index is 13.6. The van der Waals surface area contributed by atoms with Gasteiger partial charge in [0.05, 0.1) is 6.54 Å². The number of carbonyl (C=O) groups is 2. The minimum absolute atomic E-state index is 0.0716. The summed E-state index contributed by atoms with van der Waals surface area (Å²) in [5.41, 5.74) is 4.28. The number of likely N-dealkylation sites (tertiary alicyclic amines) is 1. The molecule has 4 rings (SSSR count). The van der Waals surface area contributed by atoms with Crippen molar-refractivity contribution in [2.75, 3.05) is 31.5 Å². The fourth-order valence-electron chi connectivity index (χ4n) is 4.73. The zero-order chi connectivity index (χ0) is 21.8. The van der Waals surface area contributed by atoms with Gasteiger partial charge in [-0.25, -0.2) is 0 Å². The zero-order valence-corrected chi connectivity index (χ0v) is 18.6. The molecule has 1 saturated heterocycles. The van der Waals surface area contributed by atoms with Gasteiger partial charge in [0, 0.05) is 25.3 Å². The van der Waals surface area contributed by atoms with Crippen molar-refractivity contribution in [1.82, 2.24) is 9.80 Å². The number of amides is 2. The summed E-state index contributed by atoms with van der Waals surface area (Å²) in [6.45, 7) is 6.89. The second-order valence-corrected chi connectivity index (χ2v) is 8.93. The molecule has 0 bridgehead atoms. The van der Waals surface area contributed by atoms with Gasteiger partial charge in [0.2, 0.25) is 11.8 Å². The van der Waals surface area contributed by atoms with E-state index in [9.17, 15) is 9.59 Å². The highest BCUT2D eigenvalue weighted by Crippen LogP contribution is 2.32. The number of rotatable bonds is 5. The predicted octanol–water partition coefficient (Wildman–Crippen LogP) is 4.05. The van der Waals surface area contributed by atoms with E-state index in [0.29, 0.717) is 12.5 Å². The highest BCUT2D eigenvalue weighted by atomic mass is 16.2. The first kappa shape index (κ1) is 21.6. The largest absolute Gasteiger partial charge is 0.341 e. The molecule has 2 aliphatic heterocycles. The van der Waals surface area contributed by atoms with Gasteiger partial charge < -0.3 is 10.2 Å². The lowest BCUT2D eigenvalue weighted by Gasteiger charge is -2.40. The molecule has 2 heterocycles. The SMILES string of the molecule is CCc1cccc(NC(=O)CN2CCc3ccccc3[C@H]2C(=O)N2CCC(C)CC2)c1. The maximum Gasteiger partial charge on any atom is 0.244 e. The maximum absolute atomic E-state index is 13.6. The quantitative estimate of drug-likeness (QED) is 0.796. The number of hydrogen-bond donors (Lipinski definition) is 1. The van der Waals surface area contributed by atoms with Crippen LogP contribution in [0.25, 0.3) is 0 Å². The third-order valence-corrected chi connectivity index (χ3v) is 6.68. The van der Waals surface area contributed by atoms with Crippen LogP contribution in [0.1, 0.15) is 49.4 Å². The number of anilines is 1. The van der Waals surface area contributed by atoms with Crippen molar-refractivity contribution in [1.29, 1.82) is 0 Å². The van der Waals surface area contributed by atoms with E-state index in [1.54, 1.807) is 0 Å². The summed E-state index contributed by atoms with van der Waals surface area (Å²) in [5.74, 6) is 0.737. The van der Waals surface area contributed by atoms with Gasteiger partial charge >= 0.3 is 0 Å². The monoisotopic (exact) mass is 419 g/mol. The van der Waals surface area contributed by atoms with Crippen LogP contribution in [-0.2, 0) is 22.4 Å². The minimum atomic E-state index is -0.383. The Bertz CT molecular complexity index is 934. The van der Waals surface area contributed by atoms with E-state index in [-0.39, 0.29) is 24.4 Å². The van der Waals surface area contributed by atoms with Gasteiger partial charge in [0.25, 0.3) is 0 Å². The molecule has 0 unspecified atom stereocenters. The van der Waals surface area contributed by atoms with Crippen molar-refractivity contribution >= 4 is 17.5 Å². The normalized spacial score (nSPS) is 19.7. The van der Waals surface area contributed by atoms with E-state index in [2.05, 4.69) is 42.3 Å². The summed E-state index contributed by atoms with van der Waals surface area (Å²) < 4.78 is 0. The standard InChI is InChI=1S/C26H33N3O2/c1-3-20-7-6-9-22(17-20)27-24(30)18-29-16-13-21-8-4-5-10-23(21)25(29)26(31)28-14-11-19(2)12-15-28/h4-10,17,19,25H,3,11-16,18H2,1-2H3,(H,27,30)/t25-/m0/s1. The van der Waals surface area contributed by atoms with Crippen molar-refractivity contribution < 1.29 is 9.59 Å². The van der Waals surface area contributed by atoms with Crippen LogP contribution in [0, 0.1) is 5.92 Å². The highest BCUT2D eigenvalue weighted by Gasteiger charge is 2.37. The van der Waals surface area contributed by atoms with Gasteiger partial charge in [-0.15, -0.1) is 0 Å². The molecule has 5 heteroatoms. The predicted molar refractivity (Wildman–Crippen MR) is 124 cm³/mol. The smallest absolute Gasteiger partial charge is 0.244 e. The van der Waals surface area contributed by atoms with Crippen LogP contribution in [0.2, 0.25) is 0 Å². The molecule has 0 spiro atoms. The number of hydrogen-bond acceptors (Lipinski definition) is 3. The third-order valence-electron chi connectivity index (χ3n) is 6.68. The summed E-state index contributed by atoms with van der Waals surface area (Å²) in [7, 11) is 0. The van der Waals surface area contributed by atoms with Crippen LogP contribution in [0.3, 0.4) is 0 Å². The Labute approximate surface area is 185 Å². The van der Waals surface area contributed by atoms with Crippen molar-refractivity contribution in [3.8, 4) is 0 Å². The number of carbonyl (C=O) groups excluding carboxylic acids is 2. The fraction of sp³-hybridized carbons (Fsp3) is 0.462. The third kappa shape index (κ3) is 4.99. The lowest BCUT2D eigenvalue weighted by Crippen LogP contribution is -2.50. The Morgan fingerprint density at radius 3 is 2.58 bits per heavy atom. The number of aryl methyl sites for hydroxylation is 1. The van der Waals surface area contributed by atoms with E-state index >= 15 is 0 Å². The van der Waals surface area contributed by atoms with Crippen LogP contribution < -0.4 is 5.32 Å². The van der Waals surface area contributed by atoms with Crippen LogP contribution in [0.15, 0.2) is 48.5 Å². The van der Waals surface area contributed by atoms with E-state index < -0.39 is 0 Å². The molecular weight excluding hydrogens is 386 g/mol. The minimum Gasteiger partial charge on any atom is -0.341 e. The van der Waals surface area contributed by atoms with Crippen LogP contribution in [0.5, 0.6) is 0 Å². The number of fused-ring (bicyclic) bond motifs is 1. The van der Waals surface area contributed by atoms with Crippen molar-refractivity contribution in [2.24, 2.45) is 5.92 Å². The highest BCUT2D eigenvalue weighted by molar-refractivity contribution is 5.93. The summed E-state index contributed by atoms with van der Waals surface area (Å²) in [4.78, 5) is 30.6. The Morgan fingerprint density at radius 1 is 1.03 bits per heavy atom. The topological polar surface area (TPSA) is 52.7 Å². The van der Waals surface area contributed by atoms with Gasteiger partial charge in [-0.3, -0.25) is 14.5 Å². The molecule has 2 aliphatic rings. The van der Waals surface area contributed by atoms with E-state index in [4.69, 9.17) is 0 Å². The second-order valence-electron chi connectivity index (χ2n) is 8.93. The average Bonchev–Trinajstić information content (AvgIpc) is 2.79. The van der Waals surface area contributed by atoms with E-state index in [0.717, 1.165) is 50.0 Å². The molecule has 1 fully saturated rings. The summed E-state index contributed by atoms with van der Waals surface area (Å²) >= 11 is 0. The fourth-order valence-corrected chi connectivity index (χ4v) is 4.73. The van der Waals surface area contributed by atoms with Crippen LogP contribution in [0.4, 0.5) is 5.69 Å². The molecular formula is C26H33N3O2. The van der Waals surface area contributed by atoms with Gasteiger partial charge in [0.15, 0.2) is 0 Å². The zero-order valence-electron chi connectivity index (χ0n) is 18.6. The summed E-state index contributed by atoms with van der Waals surface area (Å²) in [6, 6.07) is 15.8. The van der Waals surface area contributed by atoms with Gasteiger partial charge in [-0.2, -0.15) is 0 Å². The molecule has 1 N–H and O–H groups in total. The molecule has 0 radical (unpaired) electrons. The number of nitrogens with zero attached hydrogens (tertiary/aromatic N) is 2. The van der Waals surface area contributed by atoms with Gasteiger partial charge in [-0.1, -0.05) is 50.2 Å².